The number of thiophene rings is 1. The molecule has 2 heterocycles. The number of rotatable bonds is 5. The minimum Gasteiger partial charge on any atom is -0.480 e. The molecule has 6 nitrogen and oxygen atoms in total. The lowest BCUT2D eigenvalue weighted by atomic mass is 10.2. The Kier molecular flexibility index (Phi) is 4.52. The van der Waals surface area contributed by atoms with Gasteiger partial charge in [0.25, 0.3) is 0 Å². The van der Waals surface area contributed by atoms with Crippen LogP contribution >= 0.6 is 11.3 Å². The van der Waals surface area contributed by atoms with E-state index >= 15 is 0 Å². The Morgan fingerprint density at radius 3 is 2.95 bits per heavy atom. The summed E-state index contributed by atoms with van der Waals surface area (Å²) < 4.78 is 0. The molecule has 2 unspecified atom stereocenters. The second-order valence-electron chi connectivity index (χ2n) is 4.53. The van der Waals surface area contributed by atoms with Crippen LogP contribution in [0.15, 0.2) is 17.5 Å². The van der Waals surface area contributed by atoms with Gasteiger partial charge in [-0.05, 0) is 11.4 Å². The summed E-state index contributed by atoms with van der Waals surface area (Å²) in [4.78, 5) is 25.3. The number of carbonyl (C=O) groups is 2. The van der Waals surface area contributed by atoms with Crippen molar-refractivity contribution in [2.75, 3.05) is 13.1 Å². The van der Waals surface area contributed by atoms with Crippen LogP contribution in [-0.2, 0) is 16.1 Å². The summed E-state index contributed by atoms with van der Waals surface area (Å²) in [5, 5.41) is 23.2. The maximum Gasteiger partial charge on any atom is 0.321 e. The zero-order valence-electron chi connectivity index (χ0n) is 10.3. The summed E-state index contributed by atoms with van der Waals surface area (Å²) in [5.74, 6) is -1.23. The summed E-state index contributed by atoms with van der Waals surface area (Å²) in [6.45, 7) is 0.674. The molecule has 104 valence electrons. The molecule has 2 rings (SSSR count). The van der Waals surface area contributed by atoms with Gasteiger partial charge in [-0.3, -0.25) is 14.5 Å². The molecular weight excluding hydrogens is 268 g/mol. The van der Waals surface area contributed by atoms with Crippen molar-refractivity contribution < 1.29 is 19.8 Å². The first-order valence-corrected chi connectivity index (χ1v) is 6.88. The zero-order chi connectivity index (χ0) is 13.8. The van der Waals surface area contributed by atoms with Gasteiger partial charge in [-0.15, -0.1) is 11.3 Å². The molecule has 19 heavy (non-hydrogen) atoms. The summed E-state index contributed by atoms with van der Waals surface area (Å²) in [6.07, 6.45) is -0.501. The highest BCUT2D eigenvalue weighted by Crippen LogP contribution is 2.17. The molecule has 1 saturated heterocycles. The van der Waals surface area contributed by atoms with Gasteiger partial charge in [0.2, 0.25) is 5.91 Å². The number of hydrogen-bond donors (Lipinski definition) is 3. The zero-order valence-corrected chi connectivity index (χ0v) is 11.1. The third-order valence-corrected chi connectivity index (χ3v) is 3.93. The summed E-state index contributed by atoms with van der Waals surface area (Å²) in [5.41, 5.74) is 0. The third-order valence-electron chi connectivity index (χ3n) is 3.05. The van der Waals surface area contributed by atoms with Crippen LogP contribution in [-0.4, -0.2) is 52.2 Å². The lowest BCUT2D eigenvalue weighted by molar-refractivity contribution is -0.142. The number of likely N-dealkylation sites (tertiary alicyclic amines) is 1. The number of carbonyl (C=O) groups excluding carboxylic acids is 1. The first kappa shape index (κ1) is 14.0. The highest BCUT2D eigenvalue weighted by Gasteiger charge is 2.36. The molecule has 1 amide bonds. The lowest BCUT2D eigenvalue weighted by Gasteiger charge is -2.19. The van der Waals surface area contributed by atoms with Gasteiger partial charge in [0.05, 0.1) is 19.2 Å². The largest absolute Gasteiger partial charge is 0.480 e. The van der Waals surface area contributed by atoms with Gasteiger partial charge in [-0.1, -0.05) is 6.07 Å². The second-order valence-corrected chi connectivity index (χ2v) is 5.56. The predicted molar refractivity (Wildman–Crippen MR) is 69.8 cm³/mol. The number of hydrogen-bond acceptors (Lipinski definition) is 5. The minimum absolute atomic E-state index is 0.000593. The molecule has 0 aromatic carbocycles. The van der Waals surface area contributed by atoms with E-state index in [-0.39, 0.29) is 25.4 Å². The fourth-order valence-corrected chi connectivity index (χ4v) is 2.79. The first-order valence-electron chi connectivity index (χ1n) is 6.00. The van der Waals surface area contributed by atoms with E-state index in [2.05, 4.69) is 5.32 Å². The van der Waals surface area contributed by atoms with Gasteiger partial charge in [0.1, 0.15) is 6.04 Å². The van der Waals surface area contributed by atoms with Crippen molar-refractivity contribution in [3.8, 4) is 0 Å². The van der Waals surface area contributed by atoms with Crippen molar-refractivity contribution >= 4 is 23.2 Å². The van der Waals surface area contributed by atoms with Gasteiger partial charge >= 0.3 is 5.97 Å². The van der Waals surface area contributed by atoms with Crippen LogP contribution in [0.3, 0.4) is 0 Å². The fraction of sp³-hybridized carbons (Fsp3) is 0.500. The van der Waals surface area contributed by atoms with E-state index in [0.717, 1.165) is 4.88 Å². The average molecular weight is 284 g/mol. The van der Waals surface area contributed by atoms with Gasteiger partial charge in [-0.2, -0.15) is 0 Å². The smallest absolute Gasteiger partial charge is 0.321 e. The quantitative estimate of drug-likeness (QED) is 0.701. The normalized spacial score (nSPS) is 23.4. The Morgan fingerprint density at radius 2 is 2.32 bits per heavy atom. The monoisotopic (exact) mass is 284 g/mol. The number of aliphatic hydroxyl groups is 1. The maximum atomic E-state index is 11.7. The van der Waals surface area contributed by atoms with Crippen molar-refractivity contribution in [1.29, 1.82) is 0 Å². The van der Waals surface area contributed by atoms with Crippen LogP contribution < -0.4 is 5.32 Å². The number of β-amino-alcohol motifs (C(OH)–C–C–N with tert-alkyl or cyclic N) is 1. The van der Waals surface area contributed by atoms with Crippen molar-refractivity contribution in [2.24, 2.45) is 0 Å². The van der Waals surface area contributed by atoms with Crippen LogP contribution in [0.1, 0.15) is 11.3 Å². The number of aliphatic carboxylic acids is 1. The van der Waals surface area contributed by atoms with Crippen molar-refractivity contribution in [3.63, 3.8) is 0 Å². The summed E-state index contributed by atoms with van der Waals surface area (Å²) in [6, 6.07) is 3.05. The summed E-state index contributed by atoms with van der Waals surface area (Å²) in [7, 11) is 0. The average Bonchev–Trinajstić information content (AvgIpc) is 2.96. The SMILES string of the molecule is O=C(CN1CC(O)CC1C(=O)O)NCc1cccs1. The molecule has 1 fully saturated rings. The molecule has 0 spiro atoms. The van der Waals surface area contributed by atoms with Crippen LogP contribution in [0.4, 0.5) is 0 Å². The fourth-order valence-electron chi connectivity index (χ4n) is 2.15. The third kappa shape index (κ3) is 3.76. The Hall–Kier alpha value is -1.44. The molecule has 1 aliphatic rings. The van der Waals surface area contributed by atoms with Crippen LogP contribution in [0.25, 0.3) is 0 Å². The minimum atomic E-state index is -0.998. The van der Waals surface area contributed by atoms with Gasteiger partial charge < -0.3 is 15.5 Å². The molecule has 0 saturated carbocycles. The second kappa shape index (κ2) is 6.14. The topological polar surface area (TPSA) is 89.9 Å². The van der Waals surface area contributed by atoms with Crippen molar-refractivity contribution in [1.82, 2.24) is 10.2 Å². The molecular formula is C12H16N2O4S. The number of nitrogens with one attached hydrogen (secondary N) is 1. The number of amides is 1. The highest BCUT2D eigenvalue weighted by atomic mass is 32.1. The van der Waals surface area contributed by atoms with Crippen LogP contribution in [0, 0.1) is 0 Å². The van der Waals surface area contributed by atoms with E-state index in [0.29, 0.717) is 6.54 Å². The van der Waals surface area contributed by atoms with Gasteiger partial charge in [0.15, 0.2) is 0 Å². The summed E-state index contributed by atoms with van der Waals surface area (Å²) >= 11 is 1.55. The molecule has 0 radical (unpaired) electrons. The lowest BCUT2D eigenvalue weighted by Crippen LogP contribution is -2.42. The van der Waals surface area contributed by atoms with E-state index in [1.165, 1.54) is 4.90 Å². The number of nitrogens with zero attached hydrogens (tertiary/aromatic N) is 1. The van der Waals surface area contributed by atoms with Gasteiger partial charge in [0, 0.05) is 17.8 Å². The molecule has 1 aromatic heterocycles. The molecule has 2 atom stereocenters. The van der Waals surface area contributed by atoms with Crippen molar-refractivity contribution in [3.05, 3.63) is 22.4 Å². The van der Waals surface area contributed by atoms with E-state index in [9.17, 15) is 14.7 Å². The molecule has 3 N–H and O–H groups in total. The van der Waals surface area contributed by atoms with E-state index < -0.39 is 18.1 Å². The molecule has 1 aliphatic heterocycles. The molecule has 7 heteroatoms. The maximum absolute atomic E-state index is 11.7. The van der Waals surface area contributed by atoms with Crippen LogP contribution in [0.2, 0.25) is 0 Å². The van der Waals surface area contributed by atoms with E-state index in [1.54, 1.807) is 11.3 Å². The highest BCUT2D eigenvalue weighted by molar-refractivity contribution is 7.09. The Labute approximate surface area is 114 Å². The standard InChI is InChI=1S/C12H16N2O4S/c15-8-4-10(12(17)18)14(6-8)7-11(16)13-5-9-2-1-3-19-9/h1-3,8,10,15H,4-7H2,(H,13,16)(H,17,18). The molecule has 1 aromatic rings. The molecule has 0 aliphatic carbocycles. The Balaban J connectivity index is 1.82. The van der Waals surface area contributed by atoms with E-state index in [1.807, 2.05) is 17.5 Å². The number of carboxylic acid groups (broad SMARTS) is 1. The predicted octanol–water partition coefficient (Wildman–Crippen LogP) is -0.116. The van der Waals surface area contributed by atoms with Gasteiger partial charge in [-0.25, -0.2) is 0 Å². The van der Waals surface area contributed by atoms with Crippen LogP contribution in [0.5, 0.6) is 0 Å². The first-order chi connectivity index (χ1) is 9.06. The Morgan fingerprint density at radius 1 is 1.53 bits per heavy atom. The van der Waals surface area contributed by atoms with E-state index in [4.69, 9.17) is 5.11 Å². The van der Waals surface area contributed by atoms with Crippen molar-refractivity contribution in [2.45, 2.75) is 25.1 Å². The Bertz CT molecular complexity index is 449. The molecule has 0 bridgehead atoms. The number of carboxylic acids is 1. The number of aliphatic hydroxyl groups excluding tert-OH is 1.